The molecule has 105 heavy (non-hydrogen) atoms. The van der Waals surface area contributed by atoms with Crippen LogP contribution in [-0.4, -0.2) is 154 Å². The van der Waals surface area contributed by atoms with Crippen LogP contribution in [0.2, 0.25) is 0 Å². The summed E-state index contributed by atoms with van der Waals surface area (Å²) < 4.78 is 31.9. The van der Waals surface area contributed by atoms with Crippen LogP contribution in [0.25, 0.3) is 22.5 Å². The Morgan fingerprint density at radius 1 is 0.657 bits per heavy atom. The normalized spacial score (nSPS) is 18.9. The Morgan fingerprint density at radius 2 is 1.30 bits per heavy atom. The summed E-state index contributed by atoms with van der Waals surface area (Å²) in [6.45, 7) is 10.9. The minimum absolute atomic E-state index is 0.0339. The summed E-state index contributed by atoms with van der Waals surface area (Å²) in [7, 11) is 3.07. The van der Waals surface area contributed by atoms with Crippen LogP contribution in [-0.2, 0) is 59.5 Å². The molecule has 1 unspecified atom stereocenters. The number of aliphatic hydroxyl groups excluding tert-OH is 1. The van der Waals surface area contributed by atoms with Crippen molar-refractivity contribution in [3.05, 3.63) is 130 Å². The van der Waals surface area contributed by atoms with Gasteiger partial charge in [-0.05, 0) is 155 Å². The summed E-state index contributed by atoms with van der Waals surface area (Å²) in [5, 5.41) is 26.6. The van der Waals surface area contributed by atoms with Crippen LogP contribution in [0.4, 0.5) is 16.2 Å². The molecule has 7 aliphatic rings. The van der Waals surface area contributed by atoms with Gasteiger partial charge in [-0.3, -0.25) is 38.4 Å². The smallest absolute Gasteiger partial charge is 0.416 e. The zero-order valence-electron chi connectivity index (χ0n) is 61.0. The van der Waals surface area contributed by atoms with Crippen molar-refractivity contribution in [3.63, 3.8) is 0 Å². The first-order chi connectivity index (χ1) is 50.5. The van der Waals surface area contributed by atoms with Crippen molar-refractivity contribution < 1.29 is 71.9 Å². The molecule has 1 aromatic heterocycles. The molecule has 2 spiro atoms. The number of hydrogen-bond donors (Lipinski definition) is 3. The maximum Gasteiger partial charge on any atom is 0.416 e. The lowest BCUT2D eigenvalue weighted by Gasteiger charge is -2.31. The van der Waals surface area contributed by atoms with Gasteiger partial charge in [0, 0.05) is 92.4 Å². The van der Waals surface area contributed by atoms with E-state index < -0.39 is 47.9 Å². The minimum Gasteiger partial charge on any atom is -0.493 e. The first kappa shape index (κ1) is 73.3. The summed E-state index contributed by atoms with van der Waals surface area (Å²) in [6, 6.07) is 27.8. The van der Waals surface area contributed by atoms with Crippen molar-refractivity contribution in [1.82, 2.24) is 35.4 Å². The number of methoxy groups -OCH3 is 2. The topological polar surface area (TPSA) is 288 Å². The molecular formula is C81H95N9O15. The van der Waals surface area contributed by atoms with E-state index in [1.54, 1.807) is 74.1 Å². The number of nitrogens with zero attached hydrogens (tertiary/aromatic N) is 7. The molecule has 6 heterocycles. The number of ether oxygens (including phenoxy) is 5. The summed E-state index contributed by atoms with van der Waals surface area (Å²) >= 11 is 0. The zero-order valence-corrected chi connectivity index (χ0v) is 61.0. The molecule has 0 radical (unpaired) electrons. The van der Waals surface area contributed by atoms with Crippen molar-refractivity contribution >= 4 is 64.4 Å². The maximum atomic E-state index is 14.5. The number of aryl methyl sites for hydroxylation is 1. The molecular weight excluding hydrogens is 1340 g/mol. The van der Waals surface area contributed by atoms with Crippen LogP contribution >= 0.6 is 0 Å². The lowest BCUT2D eigenvalue weighted by molar-refractivity contribution is -0.133. The van der Waals surface area contributed by atoms with Crippen LogP contribution < -0.4 is 39.4 Å². The molecule has 6 aromatic rings. The van der Waals surface area contributed by atoms with Crippen LogP contribution in [0.1, 0.15) is 180 Å². The summed E-state index contributed by atoms with van der Waals surface area (Å²) in [5.41, 5.74) is 8.12. The Kier molecular flexibility index (Phi) is 21.7. The number of carbonyl (C=O) groups excluding carboxylic acids is 9. The molecule has 4 fully saturated rings. The Labute approximate surface area is 611 Å². The molecule has 5 aliphatic heterocycles. The Bertz CT molecular complexity index is 4350. The van der Waals surface area contributed by atoms with Gasteiger partial charge >= 0.3 is 6.09 Å². The van der Waals surface area contributed by atoms with Crippen molar-refractivity contribution in [1.29, 1.82) is 0 Å². The van der Waals surface area contributed by atoms with E-state index in [1.165, 1.54) is 20.0 Å². The number of Topliss-reactive ketones (excluding diaryl/α,β-unsaturated/α-hetero) is 3. The second-order valence-electron chi connectivity index (χ2n) is 30.4. The van der Waals surface area contributed by atoms with Gasteiger partial charge in [0.25, 0.3) is 11.8 Å². The highest BCUT2D eigenvalue weighted by molar-refractivity contribution is 6.06. The number of amides is 6. The lowest BCUT2D eigenvalue weighted by Crippen LogP contribution is -2.50. The number of ketones is 3. The highest BCUT2D eigenvalue weighted by atomic mass is 16.6. The molecule has 13 rings (SSSR count). The molecule has 3 N–H and O–H groups in total. The number of nitrogens with one attached hydrogen (secondary N) is 2. The average molecular weight is 1430 g/mol. The molecule has 0 bridgehead atoms. The van der Waals surface area contributed by atoms with Gasteiger partial charge in [-0.25, -0.2) is 14.4 Å². The van der Waals surface area contributed by atoms with Gasteiger partial charge in [-0.2, -0.15) is 0 Å². The first-order valence-electron chi connectivity index (χ1n) is 37.1. The van der Waals surface area contributed by atoms with Crippen molar-refractivity contribution in [3.8, 4) is 45.5 Å². The van der Waals surface area contributed by atoms with E-state index in [2.05, 4.69) is 25.8 Å². The van der Waals surface area contributed by atoms with Crippen molar-refractivity contribution in [2.75, 3.05) is 56.9 Å². The predicted molar refractivity (Wildman–Crippen MR) is 390 cm³/mol. The minimum atomic E-state index is -1.45. The van der Waals surface area contributed by atoms with Crippen molar-refractivity contribution in [2.45, 2.75) is 187 Å². The number of aliphatic hydroxyl groups is 1. The van der Waals surface area contributed by atoms with Gasteiger partial charge in [0.05, 0.1) is 75.2 Å². The summed E-state index contributed by atoms with van der Waals surface area (Å²) in [4.78, 5) is 130. The van der Waals surface area contributed by atoms with E-state index in [0.717, 1.165) is 77.9 Å². The Hall–Kier alpha value is -9.97. The maximum absolute atomic E-state index is 14.5. The fraction of sp³-hybridized carbons (Fsp3) is 0.494. The van der Waals surface area contributed by atoms with Crippen LogP contribution in [0.5, 0.6) is 23.0 Å². The molecule has 5 aromatic carbocycles. The highest BCUT2D eigenvalue weighted by Gasteiger charge is 2.58. The summed E-state index contributed by atoms with van der Waals surface area (Å²) in [6.07, 6.45) is 6.56. The number of para-hydroxylation sites is 1. The molecule has 554 valence electrons. The molecule has 24 nitrogen and oxygen atoms in total. The number of fused-ring (bicyclic) bond motifs is 9. The fourth-order valence-corrected chi connectivity index (χ4v) is 15.8. The summed E-state index contributed by atoms with van der Waals surface area (Å²) in [5.74, 6) is -1.94. The van der Waals surface area contributed by atoms with Crippen LogP contribution in [0.15, 0.2) is 97.1 Å². The third-order valence-electron chi connectivity index (χ3n) is 22.3. The van der Waals surface area contributed by atoms with E-state index in [1.807, 2.05) is 79.2 Å². The second kappa shape index (κ2) is 31.0. The number of carbonyl (C=O) groups is 9. The first-order valence-corrected chi connectivity index (χ1v) is 37.1. The van der Waals surface area contributed by atoms with E-state index >= 15 is 0 Å². The van der Waals surface area contributed by atoms with E-state index in [0.29, 0.717) is 77.4 Å². The largest absolute Gasteiger partial charge is 0.493 e. The van der Waals surface area contributed by atoms with Gasteiger partial charge in [0.2, 0.25) is 17.7 Å². The Balaban J connectivity index is 0.555. The SMILES string of the molecule is COc1cc2c(cc1OCCCCCOc1cc3c(cc1OC)C(=O)N1CC4(CC4)C[C@H]1C(O)N3C(=O)OCc1ccc(CC(=O)[C@H](C)NC(=O)[C@@H](CC(=O)CNC(=O)CCC(=O)CCC(=O)N3Cc4ccccc4-c4c(nnn4C(C)C)-c4ccccc43)C(C)C)cc1)CC[C@@H]1CC3(CC3)CN1C2=O. The van der Waals surface area contributed by atoms with Crippen molar-refractivity contribution in [2.24, 2.45) is 22.7 Å². The zero-order chi connectivity index (χ0) is 74.0. The quantitative estimate of drug-likeness (QED) is 0.0368. The number of unbranched alkanes of at least 4 members (excludes halogenated alkanes) is 2. The lowest BCUT2D eigenvalue weighted by atomic mass is 9.89. The number of aromatic nitrogens is 3. The number of anilines is 2. The van der Waals surface area contributed by atoms with E-state index in [9.17, 15) is 48.3 Å². The van der Waals surface area contributed by atoms with Crippen LogP contribution in [0.3, 0.4) is 0 Å². The number of benzene rings is 5. The number of rotatable bonds is 29. The second-order valence-corrected chi connectivity index (χ2v) is 30.4. The fourth-order valence-electron chi connectivity index (χ4n) is 15.8. The predicted octanol–water partition coefficient (Wildman–Crippen LogP) is 10.9. The van der Waals surface area contributed by atoms with Gasteiger partial charge in [-0.1, -0.05) is 85.8 Å². The van der Waals surface area contributed by atoms with Gasteiger partial charge in [0.1, 0.15) is 18.1 Å². The highest BCUT2D eigenvalue weighted by Crippen LogP contribution is 2.58. The third-order valence-corrected chi connectivity index (χ3v) is 22.3. The molecule has 2 saturated carbocycles. The standard InChI is InChI=1S/C81H95N9O15/c1-48(2)60(37-57(92)43-82-71(94)27-25-56(91)26-28-72(95)86-44-54-15-9-10-16-58(54)74-73(84-85-90(74)49(3)4)59-17-11-12-18-63(59)86)75(96)83-50(5)66(93)35-51-19-21-52(22-20-51)45-105-79(100)89-64-40-70(68(102-7)39-62(64)77(98)88-47-81(31-32-81)42-65(88)78(89)99)104-34-14-8-13-33-103-69-36-53-23-24-55-41-80(29-30-80)46-87(55)76(97)61(53)38-67(69)101-6/h9-12,15-22,36,38-40,48-50,55,60,65,78,99H,8,13-14,23-35,37,41-47H2,1-7H3,(H,82,94)(H,83,96)/t50-,55+,60-,65-,78?/m0/s1. The third kappa shape index (κ3) is 15.9. The van der Waals surface area contributed by atoms with E-state index in [-0.39, 0.29) is 140 Å². The van der Waals surface area contributed by atoms with E-state index in [4.69, 9.17) is 23.7 Å². The number of hydrogen-bond acceptors (Lipinski definition) is 17. The molecule has 2 aliphatic carbocycles. The van der Waals surface area contributed by atoms with Gasteiger partial charge in [0.15, 0.2) is 40.8 Å². The molecule has 24 heteroatoms. The molecule has 2 saturated heterocycles. The van der Waals surface area contributed by atoms with Gasteiger partial charge in [-0.15, -0.1) is 5.10 Å². The molecule has 5 atom stereocenters. The van der Waals surface area contributed by atoms with Gasteiger partial charge < -0.3 is 54.1 Å². The van der Waals surface area contributed by atoms with Crippen LogP contribution in [0, 0.1) is 22.7 Å². The monoisotopic (exact) mass is 1430 g/mol. The Morgan fingerprint density at radius 3 is 1.99 bits per heavy atom. The molecule has 6 amide bonds. The average Bonchev–Trinajstić information content (AvgIpc) is 1.59.